The molecule has 116 valence electrons. The van der Waals surface area contributed by atoms with Gasteiger partial charge in [0.1, 0.15) is 0 Å². The van der Waals surface area contributed by atoms with Gasteiger partial charge < -0.3 is 5.11 Å². The van der Waals surface area contributed by atoms with Crippen molar-refractivity contribution in [2.75, 3.05) is 0 Å². The van der Waals surface area contributed by atoms with Crippen LogP contribution < -0.4 is 5.69 Å². The molecule has 0 amide bonds. The second-order valence-electron chi connectivity index (χ2n) is 5.61. The zero-order chi connectivity index (χ0) is 16.3. The summed E-state index contributed by atoms with van der Waals surface area (Å²) >= 11 is 0. The first kappa shape index (κ1) is 16.1. The molecule has 5 heteroatoms. The van der Waals surface area contributed by atoms with Crippen molar-refractivity contribution in [3.05, 3.63) is 52.2 Å². The Morgan fingerprint density at radius 3 is 2.59 bits per heavy atom. The summed E-state index contributed by atoms with van der Waals surface area (Å²) in [5.41, 5.74) is 0.867. The summed E-state index contributed by atoms with van der Waals surface area (Å²) in [5, 5.41) is 19.4. The van der Waals surface area contributed by atoms with Crippen LogP contribution in [0.15, 0.2) is 35.3 Å². The number of aromatic nitrogens is 2. The van der Waals surface area contributed by atoms with Crippen LogP contribution in [0, 0.1) is 18.3 Å². The maximum atomic E-state index is 12.6. The molecule has 1 N–H and O–H groups in total. The van der Waals surface area contributed by atoms with Crippen molar-refractivity contribution in [2.45, 2.75) is 45.8 Å². The van der Waals surface area contributed by atoms with E-state index in [4.69, 9.17) is 5.26 Å². The molecule has 0 atom stereocenters. The number of nitriles is 1. The van der Waals surface area contributed by atoms with Crippen LogP contribution in [-0.4, -0.2) is 19.8 Å². The van der Waals surface area contributed by atoms with Gasteiger partial charge in [-0.25, -0.2) is 4.79 Å². The highest BCUT2D eigenvalue weighted by atomic mass is 16.3. The topological polar surface area (TPSA) is 70.9 Å². The monoisotopic (exact) mass is 299 g/mol. The average Bonchev–Trinajstić information content (AvgIpc) is 2.81. The van der Waals surface area contributed by atoms with Crippen LogP contribution in [0.4, 0.5) is 0 Å². The lowest BCUT2D eigenvalue weighted by molar-refractivity contribution is 0.0142. The first-order valence-corrected chi connectivity index (χ1v) is 7.46. The van der Waals surface area contributed by atoms with E-state index in [-0.39, 0.29) is 12.2 Å². The zero-order valence-corrected chi connectivity index (χ0v) is 13.2. The average molecular weight is 299 g/mol. The molecular formula is C17H21N3O2. The molecule has 2 rings (SSSR count). The summed E-state index contributed by atoms with van der Waals surface area (Å²) < 4.78 is 3.11. The molecule has 0 saturated heterocycles. The first-order chi connectivity index (χ1) is 10.4. The fraction of sp³-hybridized carbons (Fsp3) is 0.412. The maximum Gasteiger partial charge on any atom is 0.333 e. The van der Waals surface area contributed by atoms with Gasteiger partial charge >= 0.3 is 5.69 Å². The molecular weight excluding hydrogens is 278 g/mol. The standard InChI is InChI=1S/C17H21N3O2/c1-4-17(22,5-2)12-19-11-13(3)20(16(19)21)15-8-6-7-14(9-15)10-18/h6-9,11,22H,4-5,12H2,1-3H3. The van der Waals surface area contributed by atoms with Gasteiger partial charge in [-0.15, -0.1) is 0 Å². The predicted octanol–water partition coefficient (Wildman–Crippen LogP) is 2.37. The fourth-order valence-electron chi connectivity index (χ4n) is 2.55. The summed E-state index contributed by atoms with van der Waals surface area (Å²) in [5.74, 6) is 0. The SMILES string of the molecule is CCC(O)(CC)Cn1cc(C)n(-c2cccc(C#N)c2)c1=O. The number of hydrogen-bond acceptors (Lipinski definition) is 3. The van der Waals surface area contributed by atoms with Crippen molar-refractivity contribution < 1.29 is 5.11 Å². The Kier molecular flexibility index (Phi) is 4.53. The van der Waals surface area contributed by atoms with Gasteiger partial charge in [0.15, 0.2) is 0 Å². The number of benzene rings is 1. The third kappa shape index (κ3) is 2.97. The largest absolute Gasteiger partial charge is 0.388 e. The van der Waals surface area contributed by atoms with Crippen LogP contribution >= 0.6 is 0 Å². The minimum Gasteiger partial charge on any atom is -0.388 e. The van der Waals surface area contributed by atoms with Crippen molar-refractivity contribution in [1.29, 1.82) is 5.26 Å². The molecule has 5 nitrogen and oxygen atoms in total. The smallest absolute Gasteiger partial charge is 0.333 e. The predicted molar refractivity (Wildman–Crippen MR) is 85.0 cm³/mol. The molecule has 0 fully saturated rings. The van der Waals surface area contributed by atoms with Crippen LogP contribution in [0.25, 0.3) is 5.69 Å². The fourth-order valence-corrected chi connectivity index (χ4v) is 2.55. The maximum absolute atomic E-state index is 12.6. The molecule has 0 unspecified atom stereocenters. The van der Waals surface area contributed by atoms with E-state index < -0.39 is 5.60 Å². The van der Waals surface area contributed by atoms with Gasteiger partial charge in [-0.3, -0.25) is 9.13 Å². The normalized spacial score (nSPS) is 11.4. The summed E-state index contributed by atoms with van der Waals surface area (Å²) in [6.45, 7) is 5.93. The number of aliphatic hydroxyl groups is 1. The van der Waals surface area contributed by atoms with Crippen molar-refractivity contribution in [3.63, 3.8) is 0 Å². The van der Waals surface area contributed by atoms with Crippen molar-refractivity contribution >= 4 is 0 Å². The van der Waals surface area contributed by atoms with Crippen molar-refractivity contribution in [2.24, 2.45) is 0 Å². The van der Waals surface area contributed by atoms with Gasteiger partial charge in [0.25, 0.3) is 0 Å². The third-order valence-corrected chi connectivity index (χ3v) is 4.15. The lowest BCUT2D eigenvalue weighted by Crippen LogP contribution is -2.37. The molecule has 0 spiro atoms. The van der Waals surface area contributed by atoms with Gasteiger partial charge in [-0.1, -0.05) is 19.9 Å². The second kappa shape index (κ2) is 6.20. The minimum atomic E-state index is -0.878. The van der Waals surface area contributed by atoms with Crippen LogP contribution in [0.1, 0.15) is 37.9 Å². The highest BCUT2D eigenvalue weighted by Crippen LogP contribution is 2.18. The van der Waals surface area contributed by atoms with E-state index in [1.54, 1.807) is 39.6 Å². The highest BCUT2D eigenvalue weighted by molar-refractivity contribution is 5.42. The third-order valence-electron chi connectivity index (χ3n) is 4.15. The van der Waals surface area contributed by atoms with Gasteiger partial charge in [-0.2, -0.15) is 5.26 Å². The van der Waals surface area contributed by atoms with Gasteiger partial charge in [0.2, 0.25) is 0 Å². The molecule has 2 aromatic rings. The van der Waals surface area contributed by atoms with E-state index in [1.165, 1.54) is 0 Å². The van der Waals surface area contributed by atoms with Crippen molar-refractivity contribution in [3.8, 4) is 11.8 Å². The van der Waals surface area contributed by atoms with E-state index in [0.717, 1.165) is 5.69 Å². The number of imidazole rings is 1. The molecule has 1 aromatic heterocycles. The Bertz CT molecular complexity index is 761. The molecule has 1 heterocycles. The molecule has 0 saturated carbocycles. The van der Waals surface area contributed by atoms with Crippen molar-refractivity contribution in [1.82, 2.24) is 9.13 Å². The minimum absolute atomic E-state index is 0.201. The Hall–Kier alpha value is -2.32. The Morgan fingerprint density at radius 1 is 1.32 bits per heavy atom. The molecule has 0 bridgehead atoms. The lowest BCUT2D eigenvalue weighted by Gasteiger charge is -2.24. The summed E-state index contributed by atoms with van der Waals surface area (Å²) in [6.07, 6.45) is 2.92. The molecule has 0 aliphatic carbocycles. The van der Waals surface area contributed by atoms with Crippen LogP contribution in [0.3, 0.4) is 0 Å². The van der Waals surface area contributed by atoms with E-state index >= 15 is 0 Å². The van der Waals surface area contributed by atoms with E-state index in [0.29, 0.717) is 24.1 Å². The molecule has 1 aromatic carbocycles. The number of rotatable bonds is 5. The molecule has 0 radical (unpaired) electrons. The Balaban J connectivity index is 2.48. The van der Waals surface area contributed by atoms with Crippen LogP contribution in [0.2, 0.25) is 0 Å². The quantitative estimate of drug-likeness (QED) is 0.921. The van der Waals surface area contributed by atoms with Gasteiger partial charge in [0.05, 0.1) is 29.5 Å². The van der Waals surface area contributed by atoms with Crippen LogP contribution in [-0.2, 0) is 6.54 Å². The number of nitrogens with zero attached hydrogens (tertiary/aromatic N) is 3. The summed E-state index contributed by atoms with van der Waals surface area (Å²) in [4.78, 5) is 12.6. The van der Waals surface area contributed by atoms with E-state index in [9.17, 15) is 9.90 Å². The van der Waals surface area contributed by atoms with Gasteiger partial charge in [0, 0.05) is 11.9 Å². The summed E-state index contributed by atoms with van der Waals surface area (Å²) in [6, 6.07) is 9.02. The van der Waals surface area contributed by atoms with E-state index in [2.05, 4.69) is 6.07 Å². The Labute approximate surface area is 130 Å². The molecule has 0 aliphatic rings. The zero-order valence-electron chi connectivity index (χ0n) is 13.2. The lowest BCUT2D eigenvalue weighted by atomic mass is 9.98. The highest BCUT2D eigenvalue weighted by Gasteiger charge is 2.24. The first-order valence-electron chi connectivity index (χ1n) is 7.46. The van der Waals surface area contributed by atoms with Crippen LogP contribution in [0.5, 0.6) is 0 Å². The summed E-state index contributed by atoms with van der Waals surface area (Å²) in [7, 11) is 0. The second-order valence-corrected chi connectivity index (χ2v) is 5.61. The number of aryl methyl sites for hydroxylation is 1. The molecule has 0 aliphatic heterocycles. The van der Waals surface area contributed by atoms with E-state index in [1.807, 2.05) is 20.8 Å². The molecule has 22 heavy (non-hydrogen) atoms. The van der Waals surface area contributed by atoms with Gasteiger partial charge in [-0.05, 0) is 38.0 Å². The number of hydrogen-bond donors (Lipinski definition) is 1. The Morgan fingerprint density at radius 2 is 2.00 bits per heavy atom.